The second kappa shape index (κ2) is 2.88. The van der Waals surface area contributed by atoms with Crippen LogP contribution in [0.3, 0.4) is 0 Å². The van der Waals surface area contributed by atoms with Gasteiger partial charge in [-0.25, -0.2) is 8.78 Å². The van der Waals surface area contributed by atoms with Gasteiger partial charge < -0.3 is 5.11 Å². The fraction of sp³-hybridized carbons (Fsp3) is 0.333. The summed E-state index contributed by atoms with van der Waals surface area (Å²) >= 11 is 0. The highest BCUT2D eigenvalue weighted by atomic mass is 19.3. The van der Waals surface area contributed by atoms with Gasteiger partial charge in [0.05, 0.1) is 11.8 Å². The number of carboxylic acid groups (broad SMARTS) is 1. The molecule has 12 heavy (non-hydrogen) atoms. The summed E-state index contributed by atoms with van der Waals surface area (Å²) in [5.74, 6) is -4.89. The van der Waals surface area contributed by atoms with E-state index in [1.165, 1.54) is 0 Å². The van der Waals surface area contributed by atoms with Gasteiger partial charge in [0.1, 0.15) is 6.42 Å². The summed E-state index contributed by atoms with van der Waals surface area (Å²) in [5, 5.41) is 13.6. The minimum absolute atomic E-state index is 0.412. The maximum absolute atomic E-state index is 12.8. The number of alkyl halides is 2. The first kappa shape index (κ1) is 8.63. The highest BCUT2D eigenvalue weighted by Gasteiger charge is 2.35. The molecular weight excluding hydrogens is 170 g/mol. The zero-order valence-corrected chi connectivity index (χ0v) is 5.92. The van der Waals surface area contributed by atoms with E-state index in [-0.39, 0.29) is 0 Å². The number of rotatable bonds is 3. The number of carboxylic acids is 1. The Morgan fingerprint density at radius 2 is 2.42 bits per heavy atom. The number of hydrogen-bond acceptors (Lipinski definition) is 2. The van der Waals surface area contributed by atoms with Crippen molar-refractivity contribution in [2.45, 2.75) is 12.3 Å². The summed E-state index contributed by atoms with van der Waals surface area (Å²) in [6, 6.07) is 0. The first-order chi connectivity index (χ1) is 5.52. The average molecular weight is 176 g/mol. The summed E-state index contributed by atoms with van der Waals surface area (Å²) in [6.45, 7) is 0. The number of H-pyrrole nitrogens is 1. The Labute approximate surface area is 66.2 Å². The Hall–Kier alpha value is -1.46. The molecule has 0 saturated heterocycles. The number of aliphatic carboxylic acids is 1. The van der Waals surface area contributed by atoms with Crippen molar-refractivity contribution in [3.63, 3.8) is 0 Å². The molecule has 0 aliphatic carbocycles. The Morgan fingerprint density at radius 1 is 1.75 bits per heavy atom. The second-order valence-corrected chi connectivity index (χ2v) is 2.26. The normalized spacial score (nSPS) is 11.5. The Kier molecular flexibility index (Phi) is 2.07. The summed E-state index contributed by atoms with van der Waals surface area (Å²) < 4.78 is 25.6. The lowest BCUT2D eigenvalue weighted by atomic mass is 10.1. The van der Waals surface area contributed by atoms with Gasteiger partial charge in [-0.3, -0.25) is 9.89 Å². The number of nitrogens with zero attached hydrogens (tertiary/aromatic N) is 1. The van der Waals surface area contributed by atoms with Crippen molar-refractivity contribution in [2.24, 2.45) is 0 Å². The molecule has 0 unspecified atom stereocenters. The monoisotopic (exact) mass is 176 g/mol. The highest BCUT2D eigenvalue weighted by molar-refractivity contribution is 5.68. The van der Waals surface area contributed by atoms with Gasteiger partial charge >= 0.3 is 5.97 Å². The number of aromatic amines is 1. The number of carbonyl (C=O) groups is 1. The molecule has 2 N–H and O–H groups in total. The van der Waals surface area contributed by atoms with E-state index in [9.17, 15) is 13.6 Å². The molecule has 0 radical (unpaired) electrons. The van der Waals surface area contributed by atoms with E-state index in [1.54, 1.807) is 0 Å². The largest absolute Gasteiger partial charge is 0.481 e. The zero-order chi connectivity index (χ0) is 9.19. The second-order valence-electron chi connectivity index (χ2n) is 2.26. The van der Waals surface area contributed by atoms with Crippen LogP contribution in [0.2, 0.25) is 0 Å². The molecule has 0 aliphatic heterocycles. The fourth-order valence-electron chi connectivity index (χ4n) is 0.743. The minimum Gasteiger partial charge on any atom is -0.481 e. The Balaban J connectivity index is 2.79. The molecule has 0 atom stereocenters. The molecule has 0 aromatic carbocycles. The maximum Gasteiger partial charge on any atom is 0.309 e. The van der Waals surface area contributed by atoms with Crippen LogP contribution in [0.25, 0.3) is 0 Å². The molecule has 0 fully saturated rings. The lowest BCUT2D eigenvalue weighted by molar-refractivity contribution is -0.145. The average Bonchev–Trinajstić information content (AvgIpc) is 2.32. The SMILES string of the molecule is O=C(O)CC(F)(F)c1cn[nH]c1. The molecule has 66 valence electrons. The predicted octanol–water partition coefficient (Wildman–Crippen LogP) is 0.976. The lowest BCUT2D eigenvalue weighted by Crippen LogP contribution is -2.17. The van der Waals surface area contributed by atoms with Crippen LogP contribution in [0, 0.1) is 0 Å². The molecule has 0 saturated carbocycles. The van der Waals surface area contributed by atoms with Crippen LogP contribution in [-0.2, 0) is 10.7 Å². The molecular formula is C6H6F2N2O2. The quantitative estimate of drug-likeness (QED) is 0.721. The summed E-state index contributed by atoms with van der Waals surface area (Å²) in [6.07, 6.45) is 0.665. The van der Waals surface area contributed by atoms with Gasteiger partial charge in [0.2, 0.25) is 0 Å². The van der Waals surface area contributed by atoms with E-state index in [0.29, 0.717) is 0 Å². The Bertz CT molecular complexity index is 271. The summed E-state index contributed by atoms with van der Waals surface area (Å²) in [7, 11) is 0. The molecule has 1 aromatic heterocycles. The van der Waals surface area contributed by atoms with Crippen molar-refractivity contribution in [1.82, 2.24) is 10.2 Å². The molecule has 1 heterocycles. The van der Waals surface area contributed by atoms with E-state index in [0.717, 1.165) is 12.4 Å². The molecule has 4 nitrogen and oxygen atoms in total. The van der Waals surface area contributed by atoms with Crippen LogP contribution in [0.15, 0.2) is 12.4 Å². The maximum atomic E-state index is 12.8. The van der Waals surface area contributed by atoms with Gasteiger partial charge in [-0.05, 0) is 0 Å². The molecule has 1 aromatic rings. The number of hydrogen-bond donors (Lipinski definition) is 2. The standard InChI is InChI=1S/C6H6F2N2O2/c7-6(8,1-5(11)12)4-2-9-10-3-4/h2-3H,1H2,(H,9,10)(H,11,12). The van der Waals surface area contributed by atoms with Crippen LogP contribution < -0.4 is 0 Å². The van der Waals surface area contributed by atoms with Crippen molar-refractivity contribution < 1.29 is 18.7 Å². The molecule has 0 bridgehead atoms. The van der Waals surface area contributed by atoms with Crippen molar-refractivity contribution in [1.29, 1.82) is 0 Å². The number of nitrogens with one attached hydrogen (secondary N) is 1. The third kappa shape index (κ3) is 1.77. The van der Waals surface area contributed by atoms with Crippen molar-refractivity contribution in [2.75, 3.05) is 0 Å². The van der Waals surface area contributed by atoms with Gasteiger partial charge in [0, 0.05) is 6.20 Å². The molecule has 0 aliphatic rings. The van der Waals surface area contributed by atoms with Crippen LogP contribution in [0.4, 0.5) is 8.78 Å². The fourth-order valence-corrected chi connectivity index (χ4v) is 0.743. The predicted molar refractivity (Wildman–Crippen MR) is 34.7 cm³/mol. The molecule has 0 spiro atoms. The van der Waals surface area contributed by atoms with Crippen LogP contribution >= 0.6 is 0 Å². The highest BCUT2D eigenvalue weighted by Crippen LogP contribution is 2.30. The van der Waals surface area contributed by atoms with E-state index in [2.05, 4.69) is 10.2 Å². The van der Waals surface area contributed by atoms with Gasteiger partial charge in [0.15, 0.2) is 0 Å². The van der Waals surface area contributed by atoms with Gasteiger partial charge in [-0.2, -0.15) is 5.10 Å². The van der Waals surface area contributed by atoms with Gasteiger partial charge in [-0.15, -0.1) is 0 Å². The van der Waals surface area contributed by atoms with Crippen LogP contribution in [0.5, 0.6) is 0 Å². The lowest BCUT2D eigenvalue weighted by Gasteiger charge is -2.10. The van der Waals surface area contributed by atoms with E-state index in [1.807, 2.05) is 0 Å². The number of halogens is 2. The zero-order valence-electron chi connectivity index (χ0n) is 5.92. The summed E-state index contributed by atoms with van der Waals surface area (Å²) in [4.78, 5) is 10.00. The van der Waals surface area contributed by atoms with Crippen molar-refractivity contribution >= 4 is 5.97 Å². The molecule has 0 amide bonds. The van der Waals surface area contributed by atoms with Crippen LogP contribution in [0.1, 0.15) is 12.0 Å². The number of aromatic nitrogens is 2. The van der Waals surface area contributed by atoms with Gasteiger partial charge in [-0.1, -0.05) is 0 Å². The first-order valence-corrected chi connectivity index (χ1v) is 3.11. The molecule has 1 rings (SSSR count). The van der Waals surface area contributed by atoms with Crippen molar-refractivity contribution in [3.8, 4) is 0 Å². The van der Waals surface area contributed by atoms with E-state index in [4.69, 9.17) is 5.11 Å². The van der Waals surface area contributed by atoms with Gasteiger partial charge in [0.25, 0.3) is 5.92 Å². The van der Waals surface area contributed by atoms with E-state index < -0.39 is 23.9 Å². The topological polar surface area (TPSA) is 66.0 Å². The smallest absolute Gasteiger partial charge is 0.309 e. The molecule has 6 heteroatoms. The summed E-state index contributed by atoms with van der Waals surface area (Å²) in [5.41, 5.74) is -0.412. The van der Waals surface area contributed by atoms with Crippen molar-refractivity contribution in [3.05, 3.63) is 18.0 Å². The van der Waals surface area contributed by atoms with Crippen LogP contribution in [-0.4, -0.2) is 21.3 Å². The van der Waals surface area contributed by atoms with E-state index >= 15 is 0 Å². The first-order valence-electron chi connectivity index (χ1n) is 3.11. The third-order valence-electron chi connectivity index (χ3n) is 1.29. The minimum atomic E-state index is -3.35. The Morgan fingerprint density at radius 3 is 2.83 bits per heavy atom. The third-order valence-corrected chi connectivity index (χ3v) is 1.29.